The van der Waals surface area contributed by atoms with E-state index in [1.165, 1.54) is 42.1 Å². The molecule has 7 amide bonds. The molecule has 38 heteroatoms. The fourth-order valence-electron chi connectivity index (χ4n) is 12.1. The molecule has 6 heterocycles. The van der Waals surface area contributed by atoms with Crippen LogP contribution in [-0.2, 0) is 38.3 Å². The summed E-state index contributed by atoms with van der Waals surface area (Å²) >= 11 is 18.3. The van der Waals surface area contributed by atoms with E-state index in [2.05, 4.69) is 270 Å². The highest BCUT2D eigenvalue weighted by Crippen LogP contribution is 2.28. The van der Waals surface area contributed by atoms with E-state index in [9.17, 15) is 33.6 Å². The van der Waals surface area contributed by atoms with Crippen LogP contribution >= 0.6 is 106 Å². The lowest BCUT2D eigenvalue weighted by Crippen LogP contribution is -2.44. The molecule has 0 bridgehead atoms. The zero-order valence-electron chi connectivity index (χ0n) is 98.8. The molecule has 6 fully saturated rings. The van der Waals surface area contributed by atoms with Crippen molar-refractivity contribution < 1.29 is 38.3 Å². The number of hydrogen-bond acceptors (Lipinski definition) is 26. The number of amidine groups is 6. The third-order valence-corrected chi connectivity index (χ3v) is 26.9. The van der Waals surface area contributed by atoms with Crippen molar-refractivity contribution in [1.82, 2.24) is 34.4 Å². The third kappa shape index (κ3) is 78.5. The van der Waals surface area contributed by atoms with Crippen molar-refractivity contribution >= 4 is 231 Å². The molecular formula is C108H201N21O8S9. The van der Waals surface area contributed by atoms with Crippen molar-refractivity contribution in [2.45, 2.75) is 390 Å². The number of thiocarbonyl (C=S) groups is 1. The van der Waals surface area contributed by atoms with E-state index in [0.717, 1.165) is 111 Å². The molecule has 840 valence electrons. The van der Waals surface area contributed by atoms with Crippen molar-refractivity contribution in [1.29, 1.82) is 0 Å². The maximum absolute atomic E-state index is 11.8. The first-order valence-electron chi connectivity index (χ1n) is 52.9. The molecule has 6 aliphatic rings. The van der Waals surface area contributed by atoms with Gasteiger partial charge >= 0.3 is 0 Å². The molecule has 0 aromatic rings. The summed E-state index contributed by atoms with van der Waals surface area (Å²) in [5.74, 6) is 12.6. The summed E-state index contributed by atoms with van der Waals surface area (Å²) in [6, 6.07) is 2.03. The largest absolute Gasteiger partial charge is 0.483 e. The van der Waals surface area contributed by atoms with Gasteiger partial charge in [-0.3, -0.25) is 48.4 Å². The van der Waals surface area contributed by atoms with Crippen LogP contribution in [0.5, 0.6) is 0 Å². The molecule has 29 nitrogen and oxygen atoms in total. The molecular weight excluding hydrogens is 2010 g/mol. The number of nitrogens with zero attached hydrogens (tertiary/aromatic N) is 21. The zero-order valence-corrected chi connectivity index (χ0v) is 106. The topological polar surface area (TPSA) is 324 Å². The second kappa shape index (κ2) is 85.8. The van der Waals surface area contributed by atoms with Crippen LogP contribution in [0.15, 0.2) is 70.9 Å². The van der Waals surface area contributed by atoms with Crippen LogP contribution in [-0.4, -0.2) is 282 Å². The normalized spacial score (nSPS) is 17.4. The van der Waals surface area contributed by atoms with E-state index in [1.807, 2.05) is 153 Å². The van der Waals surface area contributed by atoms with Gasteiger partial charge in [0, 0.05) is 181 Å². The van der Waals surface area contributed by atoms with Crippen molar-refractivity contribution in [3.05, 3.63) is 0 Å². The number of ether oxygens (including phenoxy) is 1. The first kappa shape index (κ1) is 147. The minimum atomic E-state index is -0.141. The number of amides is 7. The average Bonchev–Trinajstić information content (AvgIpc) is 1.69. The van der Waals surface area contributed by atoms with Crippen LogP contribution < -0.4 is 0 Å². The lowest BCUT2D eigenvalue weighted by molar-refractivity contribution is -0.128. The van der Waals surface area contributed by atoms with E-state index in [0.29, 0.717) is 168 Å². The number of methoxy groups -OCH3 is 1. The number of carbonyl (C=O) groups is 7. The van der Waals surface area contributed by atoms with E-state index in [-0.39, 0.29) is 53.4 Å². The minimum absolute atomic E-state index is 0.0139. The fourth-order valence-corrected chi connectivity index (χ4v) is 20.2. The van der Waals surface area contributed by atoms with Crippen molar-refractivity contribution in [3.63, 3.8) is 0 Å². The number of hydrazone groups is 1. The molecule has 0 aromatic carbocycles. The van der Waals surface area contributed by atoms with Crippen molar-refractivity contribution in [3.8, 4) is 0 Å². The highest BCUT2D eigenvalue weighted by atomic mass is 32.2. The smallest absolute Gasteiger partial charge is 0.248 e. The monoisotopic (exact) mass is 2210 g/mol. The van der Waals surface area contributed by atoms with Crippen molar-refractivity contribution in [2.75, 3.05) is 87.4 Å². The Labute approximate surface area is 927 Å². The van der Waals surface area contributed by atoms with E-state index >= 15 is 0 Å². The second-order valence-electron chi connectivity index (χ2n) is 43.1. The summed E-state index contributed by atoms with van der Waals surface area (Å²) in [7, 11) is 3.54. The van der Waals surface area contributed by atoms with Crippen molar-refractivity contribution in [2.24, 2.45) is 154 Å². The van der Waals surface area contributed by atoms with Gasteiger partial charge in [0.1, 0.15) is 0 Å². The third-order valence-electron chi connectivity index (χ3n) is 19.1. The molecule has 0 aliphatic carbocycles. The maximum atomic E-state index is 11.8. The molecule has 146 heavy (non-hydrogen) atoms. The summed E-state index contributed by atoms with van der Waals surface area (Å²) in [6.07, 6.45) is 22.6. The Morgan fingerprint density at radius 2 is 0.644 bits per heavy atom. The van der Waals surface area contributed by atoms with Gasteiger partial charge in [-0.2, -0.15) is 45.5 Å². The molecule has 6 saturated heterocycles. The number of aliphatic imine (C=N–C) groups is 5. The summed E-state index contributed by atoms with van der Waals surface area (Å²) in [4.78, 5) is 115. The van der Waals surface area contributed by atoms with Crippen LogP contribution in [0.1, 0.15) is 354 Å². The molecule has 0 radical (unpaired) electrons. The summed E-state index contributed by atoms with van der Waals surface area (Å²) in [5, 5.41) is 46.1. The number of rotatable bonds is 34. The first-order chi connectivity index (χ1) is 68.0. The zero-order chi connectivity index (χ0) is 113. The first-order valence-corrected chi connectivity index (χ1v) is 61.7. The van der Waals surface area contributed by atoms with Crippen LogP contribution in [0.25, 0.3) is 0 Å². The summed E-state index contributed by atoms with van der Waals surface area (Å²) in [6.45, 7) is 87.7. The Bertz CT molecular complexity index is 4100. The second-order valence-corrected chi connectivity index (χ2v) is 51.6. The number of carbonyl (C=O) groups excluding carboxylic acids is 7. The Morgan fingerprint density at radius 1 is 0.342 bits per heavy atom. The number of hydrogen-bond donors (Lipinski definition) is 0. The average molecular weight is 2210 g/mol. The lowest BCUT2D eigenvalue weighted by atomic mass is 10.1. The van der Waals surface area contributed by atoms with Gasteiger partial charge in [-0.1, -0.05) is 277 Å². The van der Waals surface area contributed by atoms with Gasteiger partial charge in [0.05, 0.1) is 27.9 Å². The van der Waals surface area contributed by atoms with Gasteiger partial charge in [-0.15, -0.1) is 43.9 Å². The Balaban J connectivity index is -0.000000768. The summed E-state index contributed by atoms with van der Waals surface area (Å²) < 4.78 is 5.08. The molecule has 0 N–H and O–H groups in total. The van der Waals surface area contributed by atoms with Gasteiger partial charge in [0.2, 0.25) is 47.2 Å². The van der Waals surface area contributed by atoms with E-state index < -0.39 is 0 Å². The van der Waals surface area contributed by atoms with Gasteiger partial charge < -0.3 is 24.3 Å². The fraction of sp³-hybridized carbons (Fsp3) is 0.796. The standard InChI is InChI=1S/C12H20N2O2S.C12H22N2OS.C11H21N3S.C11H18N2O2S.C11H20N2OS.C11H21NOS.C10H19N3S.C10H20N2O.2C10H20N2S/c1-8(2)7-10(15)13-12-14(9(3)4)11(16)5-6-17-12;1-9(2)8-11(15)13-12-14(10(3)4)6-5-7-16-12;1-9(2)8-12-13-11-14(10(3)4)6-5-7-15-11;1-7(2)5-9(14)12-11-13(8(3)4)10(15)6-16-11;1-8(2)7-10(14)12-11-13(9(3)4)5-6-15-11;1-8(2)6-10(13)12-11(14-5)7-9(3)4;1-8(2)7-11-12-10-13(9(3)4)5-6-14-10;2*1-8(2)6-10(13-5)12-11-7-9(3)4;1-8(2)6-10(13)12(5)11-7-9(3)4/h8-9H,5-7H2,1-4H3;9-10H,5-8H2,1-4H3;8-10H,5-7H2,1-4H3;7-8H,5-6H2,1-4H3;8-9H,5-7H2,1-4H3;8-9H,6-7H2,1-5H3;7-9H,5-6H2,1-4H3;3*7-9H,6H2,1-5H3/b;;12-8+,13-11-;;;;3*11-7+,12-10-;11-7+. The molecule has 6 aliphatic heterocycles. The molecule has 6 rings (SSSR count). The Morgan fingerprint density at radius 3 is 1.00 bits per heavy atom. The lowest BCUT2D eigenvalue weighted by Gasteiger charge is -2.32. The SMILES string of the molecule is CC(C)/C=N/N(C)C(=S)CC(C)C.CC(C)/C=N/N=C1\SCCCN1C(C)C.CC(C)/C=N/N=C1\SCCN1C(C)C.CC(C)CC(=O)N=C1SCC(=O)N1C(C)C.CC(C)CC(=O)N=C1SCCC(=O)N1C(C)C.CC(C)CC(=O)N=C1SCCCN1C(C)C.CC(C)CC(=O)N=C1SCCN1C(C)C.CO/C(CC(C)C)=N\N=C\C(C)C.CS/C(CC(C)C)=N\N=C\C(C)C.CSC(CC(C)C)=NC(=O)CC(C)C. The molecule has 0 aromatic heterocycles. The highest BCUT2D eigenvalue weighted by molar-refractivity contribution is 8.16. The molecule has 0 unspecified atom stereocenters. The van der Waals surface area contributed by atoms with Gasteiger partial charge in [-0.05, 0) is 204 Å². The van der Waals surface area contributed by atoms with Gasteiger partial charge in [-0.25, -0.2) is 4.99 Å². The van der Waals surface area contributed by atoms with Crippen LogP contribution in [0.4, 0.5) is 0 Å². The van der Waals surface area contributed by atoms with Crippen LogP contribution in [0.3, 0.4) is 0 Å². The summed E-state index contributed by atoms with van der Waals surface area (Å²) in [5.41, 5.74) is 0. The molecule has 0 spiro atoms. The number of thioether (sulfide) groups is 8. The predicted molar refractivity (Wildman–Crippen MR) is 658 cm³/mol. The quantitative estimate of drug-likeness (QED) is 0.0250. The Hall–Kier alpha value is -5.64. The molecule has 0 saturated carbocycles. The van der Waals surface area contributed by atoms with E-state index in [1.54, 1.807) is 86.9 Å². The predicted octanol–water partition coefficient (Wildman–Crippen LogP) is 27.1. The molecule has 0 atom stereocenters. The maximum Gasteiger partial charge on any atom is 0.248 e. The van der Waals surface area contributed by atoms with Crippen LogP contribution in [0, 0.1) is 82.9 Å². The van der Waals surface area contributed by atoms with Gasteiger partial charge in [0.15, 0.2) is 31.0 Å². The minimum Gasteiger partial charge on any atom is -0.483 e. The van der Waals surface area contributed by atoms with Crippen LogP contribution in [0.2, 0.25) is 0 Å². The van der Waals surface area contributed by atoms with Gasteiger partial charge in [0.25, 0.3) is 0 Å². The highest BCUT2D eigenvalue weighted by Gasteiger charge is 2.33. The van der Waals surface area contributed by atoms with E-state index in [4.69, 9.17) is 17.0 Å². The Kier molecular flexibility index (Phi) is 86.1.